The fraction of sp³-hybridized carbons (Fsp3) is 0.600. The number of sulfone groups is 2. The summed E-state index contributed by atoms with van der Waals surface area (Å²) >= 11 is 2.68. The molecule has 1 heterocycles. The largest absolute Gasteiger partial charge is 0.464 e. The molecule has 31 heavy (non-hydrogen) atoms. The molecule has 2 aromatic rings. The third-order valence-corrected chi connectivity index (χ3v) is 10.9. The quantitative estimate of drug-likeness (QED) is 0.281. The van der Waals surface area contributed by atoms with E-state index in [0.29, 0.717) is 30.0 Å². The van der Waals surface area contributed by atoms with E-state index in [9.17, 15) is 21.6 Å². The van der Waals surface area contributed by atoms with E-state index in [-0.39, 0.29) is 17.3 Å². The normalized spacial score (nSPS) is 13.4. The van der Waals surface area contributed by atoms with Crippen molar-refractivity contribution in [3.8, 4) is 0 Å². The second-order valence-electron chi connectivity index (χ2n) is 7.23. The molecule has 1 aromatic heterocycles. The van der Waals surface area contributed by atoms with Crippen molar-refractivity contribution in [3.05, 3.63) is 24.3 Å². The molecular formula is C20H29NO6S4. The smallest absolute Gasteiger partial charge is 0.316 e. The molecule has 2 rings (SSSR count). The molecule has 0 radical (unpaired) electrons. The number of aromatic nitrogens is 1. The van der Waals surface area contributed by atoms with Crippen LogP contribution in [0.25, 0.3) is 10.2 Å². The minimum Gasteiger partial charge on any atom is -0.464 e. The number of esters is 1. The maximum atomic E-state index is 12.7. The van der Waals surface area contributed by atoms with Crippen LogP contribution >= 0.6 is 23.1 Å². The summed E-state index contributed by atoms with van der Waals surface area (Å²) < 4.78 is 56.9. The first-order valence-corrected chi connectivity index (χ1v) is 15.6. The van der Waals surface area contributed by atoms with E-state index in [0.717, 1.165) is 10.2 Å². The number of hydrogen-bond donors (Lipinski definition) is 0. The monoisotopic (exact) mass is 507 g/mol. The lowest BCUT2D eigenvalue weighted by molar-refractivity contribution is -0.140. The molecule has 174 valence electrons. The van der Waals surface area contributed by atoms with Crippen molar-refractivity contribution in [3.63, 3.8) is 0 Å². The Morgan fingerprint density at radius 1 is 1.10 bits per heavy atom. The van der Waals surface area contributed by atoms with Gasteiger partial charge in [-0.3, -0.25) is 4.79 Å². The fourth-order valence-electron chi connectivity index (χ4n) is 2.76. The second kappa shape index (κ2) is 12.2. The van der Waals surface area contributed by atoms with Gasteiger partial charge in [0.05, 0.1) is 33.2 Å². The Morgan fingerprint density at radius 2 is 1.77 bits per heavy atom. The van der Waals surface area contributed by atoms with E-state index in [2.05, 4.69) is 4.98 Å². The Hall–Kier alpha value is -1.17. The van der Waals surface area contributed by atoms with Crippen LogP contribution in [0, 0.1) is 0 Å². The summed E-state index contributed by atoms with van der Waals surface area (Å²) in [5, 5.41) is -1.24. The van der Waals surface area contributed by atoms with Gasteiger partial charge in [0.2, 0.25) is 0 Å². The Morgan fingerprint density at radius 3 is 2.45 bits per heavy atom. The third kappa shape index (κ3) is 8.70. The molecule has 0 aliphatic rings. The molecular weight excluding hydrogens is 478 g/mol. The summed E-state index contributed by atoms with van der Waals surface area (Å²) in [7, 11) is -7.25. The Kier molecular flexibility index (Phi) is 10.2. The average molecular weight is 508 g/mol. The minimum absolute atomic E-state index is 0.0237. The number of thiazole rings is 1. The molecule has 0 saturated carbocycles. The van der Waals surface area contributed by atoms with E-state index >= 15 is 0 Å². The highest BCUT2D eigenvalue weighted by molar-refractivity contribution is 8.01. The summed E-state index contributed by atoms with van der Waals surface area (Å²) in [5.41, 5.74) is 0.850. The number of thioether (sulfide) groups is 1. The summed E-state index contributed by atoms with van der Waals surface area (Å²) in [6, 6.07) is 7.63. The maximum Gasteiger partial charge on any atom is 0.316 e. The number of carbonyl (C=O) groups excluding carboxylic acids is 1. The predicted octanol–water partition coefficient (Wildman–Crippen LogP) is 3.73. The lowest BCUT2D eigenvalue weighted by Gasteiger charge is -2.18. The number of para-hydroxylation sites is 1. The molecule has 0 fully saturated rings. The number of nitrogens with zero attached hydrogens (tertiary/aromatic N) is 1. The zero-order valence-corrected chi connectivity index (χ0v) is 21.0. The van der Waals surface area contributed by atoms with Crippen molar-refractivity contribution >= 4 is 59.0 Å². The molecule has 1 unspecified atom stereocenters. The lowest BCUT2D eigenvalue weighted by atomic mass is 10.3. The van der Waals surface area contributed by atoms with E-state index in [4.69, 9.17) is 4.74 Å². The summed E-state index contributed by atoms with van der Waals surface area (Å²) in [4.78, 5) is 16.6. The molecule has 11 heteroatoms. The predicted molar refractivity (Wildman–Crippen MR) is 127 cm³/mol. The van der Waals surface area contributed by atoms with Gasteiger partial charge in [-0.1, -0.05) is 50.6 Å². The van der Waals surface area contributed by atoms with Gasteiger partial charge in [0, 0.05) is 0 Å². The molecule has 0 spiro atoms. The van der Waals surface area contributed by atoms with Gasteiger partial charge in [-0.25, -0.2) is 21.8 Å². The maximum absolute atomic E-state index is 12.7. The SMILES string of the molecule is CCCCS(=O)(=O)CC(COC(=O)CSc1nc2ccccc2s1)S(=O)(=O)CCCC. The molecule has 0 saturated heterocycles. The number of benzene rings is 1. The molecule has 7 nitrogen and oxygen atoms in total. The summed E-state index contributed by atoms with van der Waals surface area (Å²) in [6.07, 6.45) is 2.29. The van der Waals surface area contributed by atoms with Crippen molar-refractivity contribution in [2.24, 2.45) is 0 Å². The first kappa shape index (κ1) is 26.1. The number of carbonyl (C=O) groups is 1. The zero-order chi connectivity index (χ0) is 22.9. The van der Waals surface area contributed by atoms with Gasteiger partial charge in [0.1, 0.15) is 11.9 Å². The van der Waals surface area contributed by atoms with Crippen LogP contribution in [0.15, 0.2) is 28.6 Å². The standard InChI is InChI=1S/C20H29NO6S4/c1-3-5-11-30(23,24)15-16(31(25,26)12-6-4-2)13-27-19(22)14-28-20-21-17-9-7-8-10-18(17)29-20/h7-10,16H,3-6,11-15H2,1-2H3. The second-order valence-corrected chi connectivity index (χ2v) is 14.1. The summed E-state index contributed by atoms with van der Waals surface area (Å²) in [5.74, 6) is -1.31. The highest BCUT2D eigenvalue weighted by Gasteiger charge is 2.31. The molecule has 0 amide bonds. The number of unbranched alkanes of at least 4 members (excludes halogenated alkanes) is 2. The van der Waals surface area contributed by atoms with Crippen molar-refractivity contribution in [1.82, 2.24) is 4.98 Å². The number of ether oxygens (including phenoxy) is 1. The van der Waals surface area contributed by atoms with Crippen LogP contribution in [0.5, 0.6) is 0 Å². The van der Waals surface area contributed by atoms with Crippen LogP contribution in [-0.2, 0) is 29.2 Å². The Balaban J connectivity index is 1.97. The average Bonchev–Trinajstić information content (AvgIpc) is 3.15. The molecule has 0 aliphatic heterocycles. The van der Waals surface area contributed by atoms with Crippen molar-refractivity contribution in [2.75, 3.05) is 29.6 Å². The van der Waals surface area contributed by atoms with Gasteiger partial charge in [0.15, 0.2) is 24.0 Å². The van der Waals surface area contributed by atoms with Crippen molar-refractivity contribution < 1.29 is 26.4 Å². The zero-order valence-electron chi connectivity index (χ0n) is 17.8. The van der Waals surface area contributed by atoms with Crippen LogP contribution in [0.1, 0.15) is 39.5 Å². The fourth-order valence-corrected chi connectivity index (χ4v) is 8.93. The van der Waals surface area contributed by atoms with E-state index in [1.807, 2.05) is 38.1 Å². The molecule has 1 atom stereocenters. The topological polar surface area (TPSA) is 107 Å². The van der Waals surface area contributed by atoms with Crippen LogP contribution < -0.4 is 0 Å². The number of hydrogen-bond acceptors (Lipinski definition) is 9. The Labute approximate surface area is 192 Å². The molecule has 1 aromatic carbocycles. The van der Waals surface area contributed by atoms with Crippen molar-refractivity contribution in [2.45, 2.75) is 49.1 Å². The molecule has 0 aliphatic carbocycles. The summed E-state index contributed by atoms with van der Waals surface area (Å²) in [6.45, 7) is 3.29. The van der Waals surface area contributed by atoms with Gasteiger partial charge in [-0.2, -0.15) is 0 Å². The number of rotatable bonds is 14. The third-order valence-electron chi connectivity index (χ3n) is 4.56. The first-order chi connectivity index (χ1) is 14.7. The van der Waals surface area contributed by atoms with E-state index in [1.165, 1.54) is 23.1 Å². The van der Waals surface area contributed by atoms with Gasteiger partial charge >= 0.3 is 5.97 Å². The van der Waals surface area contributed by atoms with Gasteiger partial charge in [0.25, 0.3) is 0 Å². The minimum atomic E-state index is -3.70. The van der Waals surface area contributed by atoms with Gasteiger partial charge < -0.3 is 4.74 Å². The Bertz CT molecular complexity index is 1030. The van der Waals surface area contributed by atoms with Crippen LogP contribution in [0.2, 0.25) is 0 Å². The lowest BCUT2D eigenvalue weighted by Crippen LogP contribution is -2.37. The van der Waals surface area contributed by atoms with Gasteiger partial charge in [-0.15, -0.1) is 11.3 Å². The highest BCUT2D eigenvalue weighted by atomic mass is 32.2. The number of fused-ring (bicyclic) bond motifs is 1. The molecule has 0 bridgehead atoms. The van der Waals surface area contributed by atoms with Gasteiger partial charge in [-0.05, 0) is 25.0 Å². The molecule has 0 N–H and O–H groups in total. The highest BCUT2D eigenvalue weighted by Crippen LogP contribution is 2.29. The van der Waals surface area contributed by atoms with E-state index in [1.54, 1.807) is 0 Å². The van der Waals surface area contributed by atoms with Crippen molar-refractivity contribution in [1.29, 1.82) is 0 Å². The van der Waals surface area contributed by atoms with Crippen LogP contribution in [0.4, 0.5) is 0 Å². The first-order valence-electron chi connectivity index (χ1n) is 10.2. The van der Waals surface area contributed by atoms with E-state index < -0.39 is 43.3 Å². The van der Waals surface area contributed by atoms with Crippen LogP contribution in [-0.4, -0.2) is 62.7 Å². The van der Waals surface area contributed by atoms with Crippen LogP contribution in [0.3, 0.4) is 0 Å².